The minimum absolute atomic E-state index is 0.0204. The Kier molecular flexibility index (Phi) is 12.1. The molecule has 0 saturated heterocycles. The molecule has 36 heavy (non-hydrogen) atoms. The van der Waals surface area contributed by atoms with Crippen molar-refractivity contribution in [3.63, 3.8) is 0 Å². The molecule has 2 aromatic rings. The first-order valence-electron chi connectivity index (χ1n) is 11.7. The maximum absolute atomic E-state index is 12.1. The van der Waals surface area contributed by atoms with E-state index >= 15 is 0 Å². The van der Waals surface area contributed by atoms with E-state index in [9.17, 15) is 19.2 Å². The van der Waals surface area contributed by atoms with Crippen LogP contribution >= 0.6 is 12.2 Å². The van der Waals surface area contributed by atoms with Crippen LogP contribution in [0.3, 0.4) is 0 Å². The van der Waals surface area contributed by atoms with Gasteiger partial charge in [-0.25, -0.2) is 0 Å². The number of anilines is 1. The summed E-state index contributed by atoms with van der Waals surface area (Å²) in [6, 6.07) is 15.5. The van der Waals surface area contributed by atoms with Gasteiger partial charge in [-0.15, -0.1) is 0 Å². The normalized spacial score (nSPS) is 10.2. The highest BCUT2D eigenvalue weighted by molar-refractivity contribution is 7.80. The third-order valence-electron chi connectivity index (χ3n) is 5.08. The van der Waals surface area contributed by atoms with Gasteiger partial charge in [-0.3, -0.25) is 30.0 Å². The maximum atomic E-state index is 12.1. The van der Waals surface area contributed by atoms with Crippen LogP contribution in [0.2, 0.25) is 0 Å². The predicted octanol–water partition coefficient (Wildman–Crippen LogP) is 3.00. The van der Waals surface area contributed by atoms with Crippen LogP contribution in [-0.4, -0.2) is 35.4 Å². The first kappa shape index (κ1) is 28.4. The molecule has 10 heteroatoms. The Morgan fingerprint density at radius 1 is 0.833 bits per heavy atom. The van der Waals surface area contributed by atoms with Crippen LogP contribution in [0.5, 0.6) is 0 Å². The third kappa shape index (κ3) is 11.6. The average Bonchev–Trinajstić information content (AvgIpc) is 2.85. The molecule has 0 aliphatic rings. The quantitative estimate of drug-likeness (QED) is 0.158. The van der Waals surface area contributed by atoms with Crippen molar-refractivity contribution < 1.29 is 23.9 Å². The van der Waals surface area contributed by atoms with E-state index in [0.29, 0.717) is 12.1 Å². The van der Waals surface area contributed by atoms with Crippen LogP contribution in [0.4, 0.5) is 5.69 Å². The van der Waals surface area contributed by atoms with Gasteiger partial charge in [0.15, 0.2) is 5.11 Å². The van der Waals surface area contributed by atoms with Crippen LogP contribution in [-0.2, 0) is 30.3 Å². The molecule has 0 aliphatic heterocycles. The van der Waals surface area contributed by atoms with Gasteiger partial charge in [-0.2, -0.15) is 0 Å². The topological polar surface area (TPSA) is 126 Å². The molecular weight excluding hydrogens is 480 g/mol. The second-order valence-corrected chi connectivity index (χ2v) is 8.63. The minimum Gasteiger partial charge on any atom is -0.466 e. The molecule has 192 valence electrons. The van der Waals surface area contributed by atoms with Crippen molar-refractivity contribution in [2.75, 3.05) is 11.9 Å². The molecule has 0 aliphatic carbocycles. The fraction of sp³-hybridized carbons (Fsp3) is 0.346. The second kappa shape index (κ2) is 15.3. The zero-order chi connectivity index (χ0) is 26.3. The van der Waals surface area contributed by atoms with E-state index in [1.165, 1.54) is 5.56 Å². The molecule has 3 amide bonds. The number of thiocarbonyl (C=S) groups is 1. The summed E-state index contributed by atoms with van der Waals surface area (Å²) < 4.78 is 5.14. The summed E-state index contributed by atoms with van der Waals surface area (Å²) in [5.74, 6) is -1.72. The molecule has 2 rings (SSSR count). The van der Waals surface area contributed by atoms with Gasteiger partial charge in [-0.05, 0) is 56.1 Å². The Hall–Kier alpha value is -3.79. The molecule has 2 aromatic carbocycles. The lowest BCUT2D eigenvalue weighted by molar-refractivity contribution is -0.145. The lowest BCUT2D eigenvalue weighted by atomic mass is 10.1. The van der Waals surface area contributed by atoms with Crippen LogP contribution in [0.1, 0.15) is 48.8 Å². The number of ether oxygens (including phenoxy) is 1. The Bertz CT molecular complexity index is 1080. The zero-order valence-corrected chi connectivity index (χ0v) is 21.3. The highest BCUT2D eigenvalue weighted by Gasteiger charge is 2.12. The van der Waals surface area contributed by atoms with E-state index in [-0.39, 0.29) is 43.3 Å². The smallest absolute Gasteiger partial charge is 0.306 e. The van der Waals surface area contributed by atoms with E-state index in [1.807, 2.05) is 62.4 Å². The van der Waals surface area contributed by atoms with Gasteiger partial charge in [0.25, 0.3) is 0 Å². The zero-order valence-electron chi connectivity index (χ0n) is 20.5. The van der Waals surface area contributed by atoms with Gasteiger partial charge in [0.05, 0.1) is 13.0 Å². The summed E-state index contributed by atoms with van der Waals surface area (Å²) in [4.78, 5) is 47.8. The second-order valence-electron chi connectivity index (χ2n) is 8.23. The first-order chi connectivity index (χ1) is 17.2. The van der Waals surface area contributed by atoms with Crippen LogP contribution in [0.15, 0.2) is 48.5 Å². The number of aryl methyl sites for hydroxylation is 3. The summed E-state index contributed by atoms with van der Waals surface area (Å²) in [7, 11) is 0. The predicted molar refractivity (Wildman–Crippen MR) is 141 cm³/mol. The molecule has 0 aromatic heterocycles. The van der Waals surface area contributed by atoms with E-state index < -0.39 is 17.8 Å². The first-order valence-corrected chi connectivity index (χ1v) is 12.1. The van der Waals surface area contributed by atoms with Gasteiger partial charge < -0.3 is 15.4 Å². The minimum atomic E-state index is -0.490. The Balaban J connectivity index is 1.54. The number of carbonyl (C=O) groups excluding carboxylic acids is 4. The average molecular weight is 513 g/mol. The number of hydrazine groups is 1. The lowest BCUT2D eigenvalue weighted by Gasteiger charge is -2.11. The molecule has 0 bridgehead atoms. The summed E-state index contributed by atoms with van der Waals surface area (Å²) in [6.45, 7) is 4.14. The van der Waals surface area contributed by atoms with Gasteiger partial charge in [-0.1, -0.05) is 48.0 Å². The Morgan fingerprint density at radius 2 is 1.53 bits per heavy atom. The molecular formula is C26H32N4O5S. The fourth-order valence-electron chi connectivity index (χ4n) is 3.20. The lowest BCUT2D eigenvalue weighted by Crippen LogP contribution is -2.48. The number of hydrogen-bond donors (Lipinski definition) is 4. The molecule has 0 atom stereocenters. The van der Waals surface area contributed by atoms with Crippen molar-refractivity contribution in [1.29, 1.82) is 0 Å². The van der Waals surface area contributed by atoms with Gasteiger partial charge in [0.1, 0.15) is 0 Å². The van der Waals surface area contributed by atoms with Crippen molar-refractivity contribution in [1.82, 2.24) is 16.2 Å². The van der Waals surface area contributed by atoms with Crippen molar-refractivity contribution in [2.45, 2.75) is 52.4 Å². The van der Waals surface area contributed by atoms with Gasteiger partial charge in [0.2, 0.25) is 17.7 Å². The van der Waals surface area contributed by atoms with Crippen LogP contribution in [0.25, 0.3) is 0 Å². The number of benzene rings is 2. The largest absolute Gasteiger partial charge is 0.466 e. The molecule has 0 spiro atoms. The van der Waals surface area contributed by atoms with Crippen LogP contribution < -0.4 is 21.5 Å². The van der Waals surface area contributed by atoms with Crippen molar-refractivity contribution in [3.8, 4) is 0 Å². The monoisotopic (exact) mass is 512 g/mol. The third-order valence-corrected chi connectivity index (χ3v) is 5.28. The highest BCUT2D eigenvalue weighted by atomic mass is 32.1. The molecule has 0 saturated carbocycles. The van der Waals surface area contributed by atoms with E-state index in [2.05, 4.69) is 21.5 Å². The Morgan fingerprint density at radius 3 is 2.25 bits per heavy atom. The number of esters is 1. The van der Waals surface area contributed by atoms with E-state index in [1.54, 1.807) is 0 Å². The van der Waals surface area contributed by atoms with Crippen molar-refractivity contribution >= 4 is 46.7 Å². The van der Waals surface area contributed by atoms with E-state index in [4.69, 9.17) is 17.0 Å². The number of rotatable bonds is 11. The van der Waals surface area contributed by atoms with E-state index in [0.717, 1.165) is 17.5 Å². The summed E-state index contributed by atoms with van der Waals surface area (Å²) >= 11 is 4.95. The fourth-order valence-corrected chi connectivity index (χ4v) is 3.36. The number of hydrogen-bond acceptors (Lipinski definition) is 6. The molecule has 4 N–H and O–H groups in total. The number of carbonyl (C=O) groups is 4. The molecule has 0 fully saturated rings. The Labute approximate surface area is 216 Å². The standard InChI is InChI=1S/C26H32N4O5S/c1-18-10-11-21(19(2)17-18)27-22(31)12-13-24(33)29-30-26(36)28-23(32)14-15-25(34)35-16-6-9-20-7-4-3-5-8-20/h3-5,7-8,10-11,17H,6,9,12-16H2,1-2H3,(H,27,31)(H,29,33)(H2,28,30,32,36). The van der Waals surface area contributed by atoms with Crippen molar-refractivity contribution in [3.05, 3.63) is 65.2 Å². The molecule has 0 radical (unpaired) electrons. The summed E-state index contributed by atoms with van der Waals surface area (Å²) in [5, 5.41) is 5.02. The van der Waals surface area contributed by atoms with Gasteiger partial charge >= 0.3 is 5.97 Å². The number of amides is 3. The van der Waals surface area contributed by atoms with Crippen LogP contribution in [0, 0.1) is 13.8 Å². The SMILES string of the molecule is Cc1ccc(NC(=O)CCC(=O)NNC(=S)NC(=O)CCC(=O)OCCCc2ccccc2)c(C)c1. The summed E-state index contributed by atoms with van der Waals surface area (Å²) in [6.07, 6.45) is 1.22. The number of nitrogens with one attached hydrogen (secondary N) is 4. The van der Waals surface area contributed by atoms with Crippen molar-refractivity contribution in [2.24, 2.45) is 0 Å². The highest BCUT2D eigenvalue weighted by Crippen LogP contribution is 2.16. The summed E-state index contributed by atoms with van der Waals surface area (Å²) in [5.41, 5.74) is 8.62. The molecule has 0 heterocycles. The molecule has 0 unspecified atom stereocenters. The van der Waals surface area contributed by atoms with Gasteiger partial charge in [0, 0.05) is 24.9 Å². The maximum Gasteiger partial charge on any atom is 0.306 e. The molecule has 9 nitrogen and oxygen atoms in total.